The van der Waals surface area contributed by atoms with Gasteiger partial charge in [-0.1, -0.05) is 91.9 Å². The van der Waals surface area contributed by atoms with E-state index in [9.17, 15) is 4.79 Å². The molecule has 0 spiro atoms. The van der Waals surface area contributed by atoms with Crippen LogP contribution in [0.15, 0.2) is 0 Å². The summed E-state index contributed by atoms with van der Waals surface area (Å²) in [6.07, 6.45) is 16.6. The van der Waals surface area contributed by atoms with Gasteiger partial charge in [0, 0.05) is 6.42 Å². The van der Waals surface area contributed by atoms with Crippen LogP contribution < -0.4 is 0 Å². The van der Waals surface area contributed by atoms with Gasteiger partial charge in [0.05, 0.1) is 0 Å². The summed E-state index contributed by atoms with van der Waals surface area (Å²) in [6.45, 7) is 8.42. The van der Waals surface area contributed by atoms with Gasteiger partial charge in [0.15, 0.2) is 0 Å². The van der Waals surface area contributed by atoms with Gasteiger partial charge in [-0.15, -0.1) is 0 Å². The Labute approximate surface area is 139 Å². The van der Waals surface area contributed by atoms with Crippen molar-refractivity contribution in [2.45, 2.75) is 117 Å². The summed E-state index contributed by atoms with van der Waals surface area (Å²) in [6, 6.07) is 0. The molecule has 0 fully saturated rings. The van der Waals surface area contributed by atoms with Crippen molar-refractivity contribution in [3.63, 3.8) is 0 Å². The van der Waals surface area contributed by atoms with Gasteiger partial charge < -0.3 is 4.74 Å². The number of carbonyl (C=O) groups is 1. The number of ether oxygens (including phenoxy) is 1. The first-order valence-corrected chi connectivity index (χ1v) is 9.81. The van der Waals surface area contributed by atoms with Gasteiger partial charge in [0.1, 0.15) is 6.10 Å². The van der Waals surface area contributed by atoms with Gasteiger partial charge in [-0.3, -0.25) is 4.79 Å². The lowest BCUT2D eigenvalue weighted by Gasteiger charge is -2.21. The topological polar surface area (TPSA) is 26.3 Å². The van der Waals surface area contributed by atoms with Crippen molar-refractivity contribution in [2.75, 3.05) is 0 Å². The third-order valence-corrected chi connectivity index (χ3v) is 4.41. The van der Waals surface area contributed by atoms with Gasteiger partial charge in [0.25, 0.3) is 0 Å². The van der Waals surface area contributed by atoms with Crippen molar-refractivity contribution in [1.82, 2.24) is 0 Å². The molecule has 0 saturated heterocycles. The zero-order valence-electron chi connectivity index (χ0n) is 15.7. The van der Waals surface area contributed by atoms with Crippen LogP contribution in [0.5, 0.6) is 0 Å². The van der Waals surface area contributed by atoms with Gasteiger partial charge in [-0.25, -0.2) is 0 Å². The second-order valence-electron chi connectivity index (χ2n) is 6.95. The van der Waals surface area contributed by atoms with Crippen molar-refractivity contribution in [1.29, 1.82) is 0 Å². The molecule has 0 amide bonds. The monoisotopic (exact) mass is 312 g/mol. The minimum absolute atomic E-state index is 0.0539. The van der Waals surface area contributed by atoms with Gasteiger partial charge in [0.2, 0.25) is 0 Å². The van der Waals surface area contributed by atoms with Crippen molar-refractivity contribution >= 4 is 5.97 Å². The fraction of sp³-hybridized carbons (Fsp3) is 0.950. The fourth-order valence-corrected chi connectivity index (χ4v) is 2.79. The Hall–Kier alpha value is -0.530. The smallest absolute Gasteiger partial charge is 0.305 e. The number of rotatable bonds is 15. The summed E-state index contributed by atoms with van der Waals surface area (Å²) >= 11 is 0. The number of hydrogen-bond acceptors (Lipinski definition) is 2. The number of hydrogen-bond donors (Lipinski definition) is 0. The third kappa shape index (κ3) is 13.2. The molecule has 0 rings (SSSR count). The quantitative estimate of drug-likeness (QED) is 0.249. The second kappa shape index (κ2) is 15.4. The Kier molecular flexibility index (Phi) is 15.0. The Morgan fingerprint density at radius 2 is 1.23 bits per heavy atom. The number of esters is 1. The molecular weight excluding hydrogens is 272 g/mol. The van der Waals surface area contributed by atoms with Crippen LogP contribution in [0.25, 0.3) is 0 Å². The summed E-state index contributed by atoms with van der Waals surface area (Å²) in [5.74, 6) is 0.375. The van der Waals surface area contributed by atoms with Gasteiger partial charge in [-0.05, 0) is 18.8 Å². The molecular formula is C20H40O2. The largest absolute Gasteiger partial charge is 0.462 e. The lowest BCUT2D eigenvalue weighted by molar-refractivity contribution is -0.151. The molecule has 0 N–H and O–H groups in total. The molecule has 0 radical (unpaired) electrons. The van der Waals surface area contributed by atoms with Gasteiger partial charge in [-0.2, -0.15) is 0 Å². The van der Waals surface area contributed by atoms with E-state index in [2.05, 4.69) is 20.8 Å². The predicted octanol–water partition coefficient (Wildman–Crippen LogP) is 6.67. The molecule has 2 heteroatoms. The number of unbranched alkanes of at least 4 members (excludes halogenated alkanes) is 10. The highest BCUT2D eigenvalue weighted by atomic mass is 16.5. The zero-order valence-corrected chi connectivity index (χ0v) is 15.7. The summed E-state index contributed by atoms with van der Waals surface area (Å²) in [7, 11) is 0. The number of carbonyl (C=O) groups excluding carboxylic acids is 1. The van der Waals surface area contributed by atoms with Crippen molar-refractivity contribution in [2.24, 2.45) is 5.92 Å². The average Bonchev–Trinajstić information content (AvgIpc) is 2.50. The predicted molar refractivity (Wildman–Crippen MR) is 96.1 cm³/mol. The highest BCUT2D eigenvalue weighted by molar-refractivity contribution is 5.69. The minimum Gasteiger partial charge on any atom is -0.462 e. The SMILES string of the molecule is CCCCCCCCCCCCCC(OC(=O)CC)C(C)C. The third-order valence-electron chi connectivity index (χ3n) is 4.41. The first-order chi connectivity index (χ1) is 10.6. The molecule has 1 atom stereocenters. The first-order valence-electron chi connectivity index (χ1n) is 9.81. The Morgan fingerprint density at radius 1 is 0.773 bits per heavy atom. The Morgan fingerprint density at radius 3 is 1.64 bits per heavy atom. The Balaban J connectivity index is 3.44. The van der Waals surface area contributed by atoms with E-state index >= 15 is 0 Å². The van der Waals surface area contributed by atoms with E-state index in [1.54, 1.807) is 0 Å². The van der Waals surface area contributed by atoms with Crippen molar-refractivity contribution in [3.05, 3.63) is 0 Å². The fourth-order valence-electron chi connectivity index (χ4n) is 2.79. The van der Waals surface area contributed by atoms with Crippen molar-refractivity contribution in [3.8, 4) is 0 Å². The summed E-state index contributed by atoms with van der Waals surface area (Å²) in [5, 5.41) is 0. The van der Waals surface area contributed by atoms with Crippen LogP contribution in [0.1, 0.15) is 111 Å². The summed E-state index contributed by atoms with van der Waals surface area (Å²) in [4.78, 5) is 11.4. The molecule has 1 unspecified atom stereocenters. The maximum atomic E-state index is 11.4. The van der Waals surface area contributed by atoms with E-state index in [0.717, 1.165) is 6.42 Å². The molecule has 132 valence electrons. The molecule has 22 heavy (non-hydrogen) atoms. The maximum Gasteiger partial charge on any atom is 0.305 e. The van der Waals surface area contributed by atoms with E-state index in [0.29, 0.717) is 12.3 Å². The zero-order chi connectivity index (χ0) is 16.6. The van der Waals surface area contributed by atoms with Crippen molar-refractivity contribution < 1.29 is 9.53 Å². The first kappa shape index (κ1) is 21.5. The van der Waals surface area contributed by atoms with E-state index in [1.165, 1.54) is 70.6 Å². The normalized spacial score (nSPS) is 12.6. The molecule has 0 aliphatic rings. The highest BCUT2D eigenvalue weighted by Gasteiger charge is 2.16. The minimum atomic E-state index is -0.0539. The molecule has 0 aromatic carbocycles. The Bertz CT molecular complexity index is 248. The van der Waals surface area contributed by atoms with E-state index in [1.807, 2.05) is 6.92 Å². The van der Waals surface area contributed by atoms with Crippen LogP contribution in [0.3, 0.4) is 0 Å². The molecule has 2 nitrogen and oxygen atoms in total. The molecule has 0 aromatic heterocycles. The van der Waals surface area contributed by atoms with Crippen LogP contribution in [-0.4, -0.2) is 12.1 Å². The van der Waals surface area contributed by atoms with Crippen LogP contribution >= 0.6 is 0 Å². The molecule has 0 aliphatic carbocycles. The highest BCUT2D eigenvalue weighted by Crippen LogP contribution is 2.17. The lowest BCUT2D eigenvalue weighted by atomic mass is 9.99. The van der Waals surface area contributed by atoms with Crippen LogP contribution in [-0.2, 0) is 9.53 Å². The van der Waals surface area contributed by atoms with E-state index in [-0.39, 0.29) is 12.1 Å². The van der Waals surface area contributed by atoms with Gasteiger partial charge >= 0.3 is 5.97 Å². The van der Waals surface area contributed by atoms with E-state index in [4.69, 9.17) is 4.74 Å². The average molecular weight is 313 g/mol. The lowest BCUT2D eigenvalue weighted by Crippen LogP contribution is -2.23. The van der Waals surface area contributed by atoms with Crippen LogP contribution in [0, 0.1) is 5.92 Å². The molecule has 0 bridgehead atoms. The molecule has 0 heterocycles. The van der Waals surface area contributed by atoms with E-state index < -0.39 is 0 Å². The second-order valence-corrected chi connectivity index (χ2v) is 6.95. The standard InChI is InChI=1S/C20H40O2/c1-5-7-8-9-10-11-12-13-14-15-16-17-19(18(3)4)22-20(21)6-2/h18-19H,5-17H2,1-4H3. The molecule has 0 aliphatic heterocycles. The maximum absolute atomic E-state index is 11.4. The molecule has 0 aromatic rings. The van der Waals surface area contributed by atoms with Crippen LogP contribution in [0.4, 0.5) is 0 Å². The summed E-state index contributed by atoms with van der Waals surface area (Å²) in [5.41, 5.74) is 0. The summed E-state index contributed by atoms with van der Waals surface area (Å²) < 4.78 is 5.51. The van der Waals surface area contributed by atoms with Crippen LogP contribution in [0.2, 0.25) is 0 Å². The molecule has 0 saturated carbocycles.